The van der Waals surface area contributed by atoms with Crippen LogP contribution in [0.2, 0.25) is 0 Å². The largest absolute Gasteiger partial charge is 0.316 e. The fraction of sp³-hybridized carbons (Fsp3) is 1.00. The zero-order valence-electron chi connectivity index (χ0n) is 13.3. The smallest absolute Gasteiger partial charge is 0.279 e. The number of hydrogen-bond acceptors (Lipinski definition) is 4. The predicted molar refractivity (Wildman–Crippen MR) is 85.4 cm³/mol. The van der Waals surface area contributed by atoms with Crippen LogP contribution in [0.3, 0.4) is 0 Å². The summed E-state index contributed by atoms with van der Waals surface area (Å²) in [4.78, 5) is 2.17. The molecule has 124 valence electrons. The van der Waals surface area contributed by atoms with Gasteiger partial charge in [-0.3, -0.25) is 0 Å². The van der Waals surface area contributed by atoms with E-state index in [4.69, 9.17) is 0 Å². The van der Waals surface area contributed by atoms with E-state index < -0.39 is 10.2 Å². The molecule has 2 aliphatic rings. The molecule has 0 spiro atoms. The fourth-order valence-corrected chi connectivity index (χ4v) is 4.61. The zero-order chi connectivity index (χ0) is 15.3. The lowest BCUT2D eigenvalue weighted by Crippen LogP contribution is -2.49. The van der Waals surface area contributed by atoms with E-state index in [0.717, 1.165) is 51.9 Å². The molecule has 0 aromatic rings. The van der Waals surface area contributed by atoms with Gasteiger partial charge >= 0.3 is 0 Å². The first-order chi connectivity index (χ1) is 10.0. The van der Waals surface area contributed by atoms with Gasteiger partial charge in [-0.1, -0.05) is 6.92 Å². The van der Waals surface area contributed by atoms with Gasteiger partial charge in [0, 0.05) is 25.7 Å². The van der Waals surface area contributed by atoms with Gasteiger partial charge in [-0.15, -0.1) is 0 Å². The lowest BCUT2D eigenvalue weighted by Gasteiger charge is -2.32. The molecular formula is C14H30N4O2S. The Morgan fingerprint density at radius 3 is 2.43 bits per heavy atom. The molecule has 0 bridgehead atoms. The van der Waals surface area contributed by atoms with Crippen LogP contribution in [-0.4, -0.2) is 70.0 Å². The van der Waals surface area contributed by atoms with Gasteiger partial charge in [-0.2, -0.15) is 17.4 Å². The quantitative estimate of drug-likeness (QED) is 0.660. The van der Waals surface area contributed by atoms with Gasteiger partial charge in [-0.25, -0.2) is 0 Å². The lowest BCUT2D eigenvalue weighted by atomic mass is 9.98. The van der Waals surface area contributed by atoms with E-state index in [0.29, 0.717) is 19.0 Å². The number of nitrogens with one attached hydrogen (secondary N) is 2. The third-order valence-corrected chi connectivity index (χ3v) is 6.16. The number of piperidine rings is 1. The van der Waals surface area contributed by atoms with Crippen molar-refractivity contribution in [2.75, 3.05) is 46.3 Å². The van der Waals surface area contributed by atoms with Crippen LogP contribution in [-0.2, 0) is 10.2 Å². The summed E-state index contributed by atoms with van der Waals surface area (Å²) in [7, 11) is -1.27. The van der Waals surface area contributed by atoms with Gasteiger partial charge in [-0.05, 0) is 58.3 Å². The molecule has 0 aliphatic carbocycles. The van der Waals surface area contributed by atoms with Gasteiger partial charge in [0.25, 0.3) is 10.2 Å². The maximum atomic E-state index is 12.4. The van der Waals surface area contributed by atoms with E-state index in [9.17, 15) is 8.42 Å². The third-order valence-electron chi connectivity index (χ3n) is 4.48. The first-order valence-electron chi connectivity index (χ1n) is 8.18. The number of rotatable bonds is 7. The maximum Gasteiger partial charge on any atom is 0.279 e. The molecule has 2 N–H and O–H groups in total. The molecule has 2 fully saturated rings. The highest BCUT2D eigenvalue weighted by atomic mass is 32.2. The van der Waals surface area contributed by atoms with Gasteiger partial charge in [0.1, 0.15) is 0 Å². The van der Waals surface area contributed by atoms with E-state index >= 15 is 0 Å². The van der Waals surface area contributed by atoms with Crippen LogP contribution in [0.5, 0.6) is 0 Å². The van der Waals surface area contributed by atoms with Crippen molar-refractivity contribution in [2.45, 2.75) is 38.6 Å². The zero-order valence-corrected chi connectivity index (χ0v) is 14.2. The second-order valence-corrected chi connectivity index (χ2v) is 8.12. The summed E-state index contributed by atoms with van der Waals surface area (Å²) >= 11 is 0. The standard InChI is InChI=1S/C14H30N4O2S/c1-3-7-15-11-13-4-9-18(10-5-13)21(19,20)16-14-6-8-17(2)12-14/h13-16H,3-12H2,1-2H3. The molecule has 0 aromatic heterocycles. The van der Waals surface area contributed by atoms with Crippen LogP contribution in [0, 0.1) is 5.92 Å². The van der Waals surface area contributed by atoms with E-state index in [-0.39, 0.29) is 6.04 Å². The minimum absolute atomic E-state index is 0.0731. The number of hydrogen-bond donors (Lipinski definition) is 2. The summed E-state index contributed by atoms with van der Waals surface area (Å²) < 4.78 is 29.3. The van der Waals surface area contributed by atoms with Crippen molar-refractivity contribution in [3.63, 3.8) is 0 Å². The van der Waals surface area contributed by atoms with E-state index in [1.807, 2.05) is 7.05 Å². The van der Waals surface area contributed by atoms with Crippen molar-refractivity contribution in [3.05, 3.63) is 0 Å². The van der Waals surface area contributed by atoms with Crippen LogP contribution in [0.1, 0.15) is 32.6 Å². The minimum atomic E-state index is -3.30. The Balaban J connectivity index is 1.75. The first-order valence-corrected chi connectivity index (χ1v) is 9.62. The molecule has 7 heteroatoms. The summed E-state index contributed by atoms with van der Waals surface area (Å²) in [5, 5.41) is 3.43. The molecule has 0 aromatic carbocycles. The Hall–Kier alpha value is -0.210. The Labute approximate surface area is 129 Å². The Morgan fingerprint density at radius 2 is 1.86 bits per heavy atom. The van der Waals surface area contributed by atoms with Crippen molar-refractivity contribution in [2.24, 2.45) is 5.92 Å². The molecule has 1 atom stereocenters. The van der Waals surface area contributed by atoms with Crippen molar-refractivity contribution in [1.82, 2.24) is 19.2 Å². The normalized spacial score (nSPS) is 26.5. The topological polar surface area (TPSA) is 64.7 Å². The SMILES string of the molecule is CCCNCC1CCN(S(=O)(=O)NC2CCN(C)C2)CC1. The van der Waals surface area contributed by atoms with Gasteiger partial charge < -0.3 is 10.2 Å². The van der Waals surface area contributed by atoms with Crippen LogP contribution in [0.15, 0.2) is 0 Å². The molecule has 1 unspecified atom stereocenters. The molecule has 0 saturated carbocycles. The minimum Gasteiger partial charge on any atom is -0.316 e. The lowest BCUT2D eigenvalue weighted by molar-refractivity contribution is 0.264. The van der Waals surface area contributed by atoms with Crippen molar-refractivity contribution in [1.29, 1.82) is 0 Å². The van der Waals surface area contributed by atoms with Crippen LogP contribution in [0.4, 0.5) is 0 Å². The predicted octanol–water partition coefficient (Wildman–Crippen LogP) is 0.237. The Morgan fingerprint density at radius 1 is 1.14 bits per heavy atom. The van der Waals surface area contributed by atoms with Gasteiger partial charge in [0.15, 0.2) is 0 Å². The monoisotopic (exact) mass is 318 g/mol. The molecule has 2 heterocycles. The molecule has 2 aliphatic heterocycles. The van der Waals surface area contributed by atoms with Crippen molar-refractivity contribution >= 4 is 10.2 Å². The molecule has 6 nitrogen and oxygen atoms in total. The summed E-state index contributed by atoms with van der Waals surface area (Å²) in [5.74, 6) is 0.612. The third kappa shape index (κ3) is 5.17. The van der Waals surface area contributed by atoms with Crippen LogP contribution >= 0.6 is 0 Å². The second-order valence-electron chi connectivity index (χ2n) is 6.42. The summed E-state index contributed by atoms with van der Waals surface area (Å²) in [5.41, 5.74) is 0. The van der Waals surface area contributed by atoms with Crippen LogP contribution < -0.4 is 10.0 Å². The second kappa shape index (κ2) is 7.87. The summed E-state index contributed by atoms with van der Waals surface area (Å²) in [6.45, 7) is 7.31. The van der Waals surface area contributed by atoms with Crippen molar-refractivity contribution in [3.8, 4) is 0 Å². The van der Waals surface area contributed by atoms with Gasteiger partial charge in [0.2, 0.25) is 0 Å². The highest BCUT2D eigenvalue weighted by Crippen LogP contribution is 2.19. The average Bonchev–Trinajstić information content (AvgIpc) is 2.84. The first kappa shape index (κ1) is 17.1. The molecule has 21 heavy (non-hydrogen) atoms. The number of likely N-dealkylation sites (tertiary alicyclic amines) is 1. The number of likely N-dealkylation sites (N-methyl/N-ethyl adjacent to an activating group) is 1. The van der Waals surface area contributed by atoms with E-state index in [1.54, 1.807) is 4.31 Å². The molecule has 2 rings (SSSR count). The highest BCUT2D eigenvalue weighted by molar-refractivity contribution is 7.87. The maximum absolute atomic E-state index is 12.4. The molecule has 0 amide bonds. The summed E-state index contributed by atoms with van der Waals surface area (Å²) in [6.07, 6.45) is 3.98. The number of nitrogens with zero attached hydrogens (tertiary/aromatic N) is 2. The van der Waals surface area contributed by atoms with Crippen LogP contribution in [0.25, 0.3) is 0 Å². The molecule has 2 saturated heterocycles. The Kier molecular flexibility index (Phi) is 6.43. The van der Waals surface area contributed by atoms with E-state index in [1.165, 1.54) is 0 Å². The molecule has 0 radical (unpaired) electrons. The molecular weight excluding hydrogens is 288 g/mol. The highest BCUT2D eigenvalue weighted by Gasteiger charge is 2.31. The average molecular weight is 318 g/mol. The van der Waals surface area contributed by atoms with Crippen molar-refractivity contribution < 1.29 is 8.42 Å². The Bertz CT molecular complexity index is 407. The van der Waals surface area contributed by atoms with Gasteiger partial charge in [0.05, 0.1) is 0 Å². The van der Waals surface area contributed by atoms with E-state index in [2.05, 4.69) is 21.9 Å². The fourth-order valence-electron chi connectivity index (χ4n) is 3.15. The summed E-state index contributed by atoms with van der Waals surface area (Å²) in [6, 6.07) is 0.0731.